The second-order valence-electron chi connectivity index (χ2n) is 6.43. The van der Waals surface area contributed by atoms with E-state index in [0.29, 0.717) is 28.9 Å². The molecule has 0 radical (unpaired) electrons. The highest BCUT2D eigenvalue weighted by Gasteiger charge is 2.25. The predicted molar refractivity (Wildman–Crippen MR) is 104 cm³/mol. The van der Waals surface area contributed by atoms with Crippen molar-refractivity contribution < 1.29 is 9.53 Å². The maximum atomic E-state index is 12.6. The maximum Gasteiger partial charge on any atom is 0.260 e. The summed E-state index contributed by atoms with van der Waals surface area (Å²) in [6.45, 7) is 1.25. The molecule has 2 heterocycles. The van der Waals surface area contributed by atoms with Gasteiger partial charge in [0.15, 0.2) is 6.61 Å². The Bertz CT molecular complexity index is 997. The molecule has 134 valence electrons. The van der Waals surface area contributed by atoms with Crippen molar-refractivity contribution in [3.05, 3.63) is 63.8 Å². The maximum absolute atomic E-state index is 12.6. The normalized spacial score (nSPS) is 13.7. The summed E-state index contributed by atoms with van der Waals surface area (Å²) in [5.41, 5.74) is 3.74. The van der Waals surface area contributed by atoms with E-state index >= 15 is 0 Å². The fourth-order valence-corrected chi connectivity index (χ4v) is 4.03. The van der Waals surface area contributed by atoms with Crippen molar-refractivity contribution in [1.29, 1.82) is 0 Å². The number of nitrogens with zero attached hydrogens (tertiary/aromatic N) is 2. The number of hydrogen-bond donors (Lipinski definition) is 0. The summed E-state index contributed by atoms with van der Waals surface area (Å²) in [7, 11) is 2.09. The fourth-order valence-electron chi connectivity index (χ4n) is 3.57. The van der Waals surface area contributed by atoms with Crippen LogP contribution in [0.2, 0.25) is 10.0 Å². The summed E-state index contributed by atoms with van der Waals surface area (Å²) in [6, 6.07) is 13.3. The van der Waals surface area contributed by atoms with Crippen molar-refractivity contribution in [2.75, 3.05) is 13.2 Å². The van der Waals surface area contributed by atoms with Gasteiger partial charge in [-0.15, -0.1) is 0 Å². The number of aryl methyl sites for hydroxylation is 1. The Balaban J connectivity index is 1.50. The second-order valence-corrected chi connectivity index (χ2v) is 7.27. The van der Waals surface area contributed by atoms with Crippen molar-refractivity contribution in [1.82, 2.24) is 9.47 Å². The van der Waals surface area contributed by atoms with Crippen LogP contribution in [0.4, 0.5) is 0 Å². The Morgan fingerprint density at radius 1 is 1.19 bits per heavy atom. The number of amides is 1. The number of para-hydroxylation sites is 1. The minimum absolute atomic E-state index is 0.0402. The first-order valence-corrected chi connectivity index (χ1v) is 9.21. The van der Waals surface area contributed by atoms with Crippen LogP contribution in [0.5, 0.6) is 5.75 Å². The smallest absolute Gasteiger partial charge is 0.260 e. The molecule has 0 spiro atoms. The first-order chi connectivity index (χ1) is 12.5. The number of fused-ring (bicyclic) bond motifs is 3. The Hall–Kier alpha value is -2.17. The van der Waals surface area contributed by atoms with E-state index in [1.165, 1.54) is 22.2 Å². The molecule has 1 aliphatic rings. The van der Waals surface area contributed by atoms with Gasteiger partial charge in [-0.1, -0.05) is 41.4 Å². The average molecular weight is 389 g/mol. The molecular weight excluding hydrogens is 371 g/mol. The Labute approximate surface area is 161 Å². The van der Waals surface area contributed by atoms with Gasteiger partial charge in [-0.05, 0) is 24.3 Å². The average Bonchev–Trinajstić information content (AvgIpc) is 2.93. The number of benzene rings is 2. The van der Waals surface area contributed by atoms with E-state index in [4.69, 9.17) is 27.9 Å². The standard InChI is InChI=1S/C20H18Cl2N2O2/c1-23-17-5-3-2-4-14(17)15-11-24(9-8-18(15)23)20(25)12-26-19-7-6-13(21)10-16(19)22/h2-7,10H,8-9,11-12H2,1H3. The van der Waals surface area contributed by atoms with Crippen molar-refractivity contribution in [3.8, 4) is 5.75 Å². The number of rotatable bonds is 3. The zero-order valence-corrected chi connectivity index (χ0v) is 15.8. The fraction of sp³-hybridized carbons (Fsp3) is 0.250. The lowest BCUT2D eigenvalue weighted by Gasteiger charge is -2.28. The molecule has 3 aromatic rings. The van der Waals surface area contributed by atoms with Crippen LogP contribution in [0.25, 0.3) is 10.9 Å². The van der Waals surface area contributed by atoms with Gasteiger partial charge in [0.25, 0.3) is 5.91 Å². The summed E-state index contributed by atoms with van der Waals surface area (Å²) in [5, 5.41) is 2.15. The molecule has 26 heavy (non-hydrogen) atoms. The monoisotopic (exact) mass is 388 g/mol. The molecule has 0 aliphatic carbocycles. The largest absolute Gasteiger partial charge is 0.482 e. The van der Waals surface area contributed by atoms with Crippen LogP contribution in [0.3, 0.4) is 0 Å². The molecule has 1 aromatic heterocycles. The lowest BCUT2D eigenvalue weighted by Crippen LogP contribution is -2.39. The number of halogens is 2. The number of carbonyl (C=O) groups excluding carboxylic acids is 1. The summed E-state index contributed by atoms with van der Waals surface area (Å²) < 4.78 is 7.83. The molecule has 4 rings (SSSR count). The van der Waals surface area contributed by atoms with Gasteiger partial charge in [0, 0.05) is 53.7 Å². The van der Waals surface area contributed by atoms with E-state index < -0.39 is 0 Å². The number of ether oxygens (including phenoxy) is 1. The third-order valence-corrected chi connectivity index (χ3v) is 5.44. The predicted octanol–water partition coefficient (Wildman–Crippen LogP) is 4.45. The molecule has 1 amide bonds. The van der Waals surface area contributed by atoms with Crippen molar-refractivity contribution in [2.45, 2.75) is 13.0 Å². The highest BCUT2D eigenvalue weighted by atomic mass is 35.5. The molecule has 0 saturated carbocycles. The highest BCUT2D eigenvalue weighted by molar-refractivity contribution is 6.35. The topological polar surface area (TPSA) is 34.5 Å². The summed E-state index contributed by atoms with van der Waals surface area (Å²) in [5.74, 6) is 0.418. The zero-order valence-electron chi connectivity index (χ0n) is 14.3. The quantitative estimate of drug-likeness (QED) is 0.664. The van der Waals surface area contributed by atoms with Crippen LogP contribution < -0.4 is 4.74 Å². The molecule has 0 saturated heterocycles. The minimum atomic E-state index is -0.0467. The van der Waals surface area contributed by atoms with E-state index in [1.54, 1.807) is 18.2 Å². The zero-order chi connectivity index (χ0) is 18.3. The Kier molecular flexibility index (Phi) is 4.55. The first-order valence-electron chi connectivity index (χ1n) is 8.45. The van der Waals surface area contributed by atoms with Gasteiger partial charge < -0.3 is 14.2 Å². The molecule has 2 aromatic carbocycles. The van der Waals surface area contributed by atoms with Crippen LogP contribution in [0, 0.1) is 0 Å². The lowest BCUT2D eigenvalue weighted by atomic mass is 10.0. The summed E-state index contributed by atoms with van der Waals surface area (Å²) >= 11 is 12.0. The summed E-state index contributed by atoms with van der Waals surface area (Å²) in [4.78, 5) is 14.5. The van der Waals surface area contributed by atoms with Crippen molar-refractivity contribution in [3.63, 3.8) is 0 Å². The highest BCUT2D eigenvalue weighted by Crippen LogP contribution is 2.30. The SMILES string of the molecule is Cn1c2c(c3ccccc31)CN(C(=O)COc1ccc(Cl)cc1Cl)CC2. The molecular formula is C20H18Cl2N2O2. The second kappa shape index (κ2) is 6.86. The van der Waals surface area contributed by atoms with Crippen LogP contribution in [-0.2, 0) is 24.8 Å². The van der Waals surface area contributed by atoms with E-state index in [-0.39, 0.29) is 12.5 Å². The molecule has 0 fully saturated rings. The van der Waals surface area contributed by atoms with E-state index in [9.17, 15) is 4.79 Å². The van der Waals surface area contributed by atoms with Crippen LogP contribution >= 0.6 is 23.2 Å². The van der Waals surface area contributed by atoms with Crippen molar-refractivity contribution >= 4 is 40.0 Å². The van der Waals surface area contributed by atoms with Gasteiger partial charge in [0.05, 0.1) is 5.02 Å². The van der Waals surface area contributed by atoms with Gasteiger partial charge in [0.2, 0.25) is 0 Å². The van der Waals surface area contributed by atoms with Gasteiger partial charge in [-0.25, -0.2) is 0 Å². The third-order valence-electron chi connectivity index (χ3n) is 4.91. The molecule has 6 heteroatoms. The van der Waals surface area contributed by atoms with Gasteiger partial charge >= 0.3 is 0 Å². The minimum Gasteiger partial charge on any atom is -0.482 e. The van der Waals surface area contributed by atoms with Crippen LogP contribution in [0.15, 0.2) is 42.5 Å². The molecule has 0 unspecified atom stereocenters. The first kappa shape index (κ1) is 17.3. The molecule has 1 aliphatic heterocycles. The Morgan fingerprint density at radius 3 is 2.81 bits per heavy atom. The van der Waals surface area contributed by atoms with E-state index in [1.807, 2.05) is 17.0 Å². The van der Waals surface area contributed by atoms with Gasteiger partial charge in [-0.3, -0.25) is 4.79 Å². The van der Waals surface area contributed by atoms with E-state index in [2.05, 4.69) is 23.7 Å². The molecule has 0 N–H and O–H groups in total. The number of aromatic nitrogens is 1. The van der Waals surface area contributed by atoms with Crippen LogP contribution in [0.1, 0.15) is 11.3 Å². The van der Waals surface area contributed by atoms with Crippen LogP contribution in [-0.4, -0.2) is 28.5 Å². The van der Waals surface area contributed by atoms with Gasteiger partial charge in [-0.2, -0.15) is 0 Å². The van der Waals surface area contributed by atoms with Crippen molar-refractivity contribution in [2.24, 2.45) is 7.05 Å². The Morgan fingerprint density at radius 2 is 2.00 bits per heavy atom. The number of hydrogen-bond acceptors (Lipinski definition) is 2. The molecule has 4 nitrogen and oxygen atoms in total. The molecule has 0 bridgehead atoms. The lowest BCUT2D eigenvalue weighted by molar-refractivity contribution is -0.134. The van der Waals surface area contributed by atoms with Gasteiger partial charge in [0.1, 0.15) is 5.75 Å². The van der Waals surface area contributed by atoms with E-state index in [0.717, 1.165) is 6.42 Å². The molecule has 0 atom stereocenters. The summed E-state index contributed by atoms with van der Waals surface area (Å²) in [6.07, 6.45) is 0.841. The number of carbonyl (C=O) groups is 1. The third kappa shape index (κ3) is 3.04.